The summed E-state index contributed by atoms with van der Waals surface area (Å²) in [5, 5.41) is 12.3. The Morgan fingerprint density at radius 1 is 1.20 bits per heavy atom. The molecule has 114 valence electrons. The third-order valence-electron chi connectivity index (χ3n) is 4.51. The van der Waals surface area contributed by atoms with Gasteiger partial charge in [0.15, 0.2) is 0 Å². The van der Waals surface area contributed by atoms with Gasteiger partial charge in [-0.05, 0) is 39.5 Å². The monoisotopic (exact) mass is 284 g/mol. The summed E-state index contributed by atoms with van der Waals surface area (Å²) in [4.78, 5) is 25.3. The molecule has 2 aliphatic heterocycles. The van der Waals surface area contributed by atoms with Gasteiger partial charge in [0.1, 0.15) is 0 Å². The number of aliphatic carboxylic acids is 1. The molecule has 6 nitrogen and oxygen atoms in total. The molecule has 0 aromatic carbocycles. The van der Waals surface area contributed by atoms with Crippen molar-refractivity contribution in [3.8, 4) is 0 Å². The lowest BCUT2D eigenvalue weighted by atomic mass is 9.82. The van der Waals surface area contributed by atoms with E-state index in [1.54, 1.807) is 11.8 Å². The van der Waals surface area contributed by atoms with E-state index in [9.17, 15) is 14.7 Å². The summed E-state index contributed by atoms with van der Waals surface area (Å²) < 4.78 is 5.31. The summed E-state index contributed by atoms with van der Waals surface area (Å²) in [5.41, 5.74) is -1.07. The van der Waals surface area contributed by atoms with Gasteiger partial charge in [0.25, 0.3) is 0 Å². The van der Waals surface area contributed by atoms with Crippen molar-refractivity contribution in [1.82, 2.24) is 10.2 Å². The molecule has 0 aliphatic carbocycles. The number of carboxylic acids is 1. The number of nitrogens with one attached hydrogen (secondary N) is 1. The maximum absolute atomic E-state index is 12.4. The lowest BCUT2D eigenvalue weighted by Crippen LogP contribution is -2.57. The summed E-state index contributed by atoms with van der Waals surface area (Å²) in [5.74, 6) is -0.827. The largest absolute Gasteiger partial charge is 0.481 e. The molecular weight excluding hydrogens is 260 g/mol. The second-order valence-corrected chi connectivity index (χ2v) is 6.49. The second kappa shape index (κ2) is 5.60. The van der Waals surface area contributed by atoms with Gasteiger partial charge in [0, 0.05) is 31.8 Å². The smallest absolute Gasteiger partial charge is 0.317 e. The third kappa shape index (κ3) is 3.23. The van der Waals surface area contributed by atoms with Gasteiger partial charge in [0.05, 0.1) is 5.41 Å². The van der Waals surface area contributed by atoms with E-state index >= 15 is 0 Å². The van der Waals surface area contributed by atoms with Crippen LogP contribution in [0.1, 0.15) is 39.5 Å². The Hall–Kier alpha value is -1.30. The highest BCUT2D eigenvalue weighted by Crippen LogP contribution is 2.30. The fraction of sp³-hybridized carbons (Fsp3) is 0.857. The normalized spacial score (nSPS) is 29.8. The number of carbonyl (C=O) groups is 2. The number of likely N-dealkylation sites (tertiary alicyclic amines) is 1. The molecule has 0 saturated carbocycles. The number of nitrogens with zero attached hydrogens (tertiary/aromatic N) is 1. The van der Waals surface area contributed by atoms with E-state index in [1.165, 1.54) is 0 Å². The van der Waals surface area contributed by atoms with Crippen molar-refractivity contribution in [3.63, 3.8) is 0 Å². The highest BCUT2D eigenvalue weighted by atomic mass is 16.5. The van der Waals surface area contributed by atoms with Crippen LogP contribution in [0, 0.1) is 5.41 Å². The summed E-state index contributed by atoms with van der Waals surface area (Å²) in [6.45, 7) is 5.95. The number of hydrogen-bond donors (Lipinski definition) is 2. The molecule has 2 saturated heterocycles. The van der Waals surface area contributed by atoms with Crippen molar-refractivity contribution in [2.24, 2.45) is 5.41 Å². The van der Waals surface area contributed by atoms with Gasteiger partial charge < -0.3 is 20.1 Å². The number of hydrogen-bond acceptors (Lipinski definition) is 3. The molecule has 0 aromatic heterocycles. The zero-order chi connectivity index (χ0) is 14.8. The average molecular weight is 284 g/mol. The van der Waals surface area contributed by atoms with Crippen molar-refractivity contribution in [3.05, 3.63) is 0 Å². The number of urea groups is 1. The number of piperidine rings is 1. The molecule has 2 heterocycles. The number of ether oxygens (including phenoxy) is 1. The van der Waals surface area contributed by atoms with Crippen LogP contribution in [0.5, 0.6) is 0 Å². The predicted octanol–water partition coefficient (Wildman–Crippen LogP) is 1.45. The van der Waals surface area contributed by atoms with E-state index in [2.05, 4.69) is 5.32 Å². The molecule has 2 amide bonds. The molecule has 0 radical (unpaired) electrons. The van der Waals surface area contributed by atoms with Crippen LogP contribution in [0.3, 0.4) is 0 Å². The van der Waals surface area contributed by atoms with Crippen LogP contribution in [0.2, 0.25) is 0 Å². The van der Waals surface area contributed by atoms with Crippen molar-refractivity contribution < 1.29 is 19.4 Å². The van der Waals surface area contributed by atoms with Crippen LogP contribution < -0.4 is 5.32 Å². The lowest BCUT2D eigenvalue weighted by molar-refractivity contribution is -0.150. The quantitative estimate of drug-likeness (QED) is 0.804. The highest BCUT2D eigenvalue weighted by molar-refractivity contribution is 5.79. The van der Waals surface area contributed by atoms with Gasteiger partial charge in [-0.2, -0.15) is 0 Å². The van der Waals surface area contributed by atoms with Gasteiger partial charge >= 0.3 is 12.0 Å². The average Bonchev–Trinajstić information content (AvgIpc) is 2.39. The fourth-order valence-corrected chi connectivity index (χ4v) is 2.87. The van der Waals surface area contributed by atoms with Crippen LogP contribution in [0.25, 0.3) is 0 Å². The minimum atomic E-state index is -0.827. The molecule has 0 spiro atoms. The Morgan fingerprint density at radius 2 is 1.85 bits per heavy atom. The first-order chi connectivity index (χ1) is 9.35. The third-order valence-corrected chi connectivity index (χ3v) is 4.51. The number of carboxylic acid groups (broad SMARTS) is 1. The number of rotatable bonds is 2. The van der Waals surface area contributed by atoms with E-state index in [4.69, 9.17) is 4.74 Å². The molecule has 1 atom stereocenters. The maximum atomic E-state index is 12.4. The van der Waals surface area contributed by atoms with Gasteiger partial charge in [-0.25, -0.2) is 4.79 Å². The Kier molecular flexibility index (Phi) is 4.22. The summed E-state index contributed by atoms with van der Waals surface area (Å²) in [6.07, 6.45) is 2.94. The molecule has 1 unspecified atom stereocenters. The Balaban J connectivity index is 1.96. The SMILES string of the molecule is CC1(NC(=O)N2CCCC(C)(C(=O)O)C2)CCOCC1. The van der Waals surface area contributed by atoms with Crippen molar-refractivity contribution in [2.45, 2.75) is 45.1 Å². The van der Waals surface area contributed by atoms with E-state index in [-0.39, 0.29) is 18.1 Å². The lowest BCUT2D eigenvalue weighted by Gasteiger charge is -2.41. The van der Waals surface area contributed by atoms with Gasteiger partial charge in [-0.1, -0.05) is 0 Å². The number of carbonyl (C=O) groups excluding carboxylic acids is 1. The minimum Gasteiger partial charge on any atom is -0.481 e. The molecule has 2 fully saturated rings. The fourth-order valence-electron chi connectivity index (χ4n) is 2.87. The van der Waals surface area contributed by atoms with Gasteiger partial charge in [-0.3, -0.25) is 4.79 Å². The molecule has 0 aromatic rings. The van der Waals surface area contributed by atoms with Crippen LogP contribution >= 0.6 is 0 Å². The molecule has 6 heteroatoms. The van der Waals surface area contributed by atoms with E-state index in [0.29, 0.717) is 26.2 Å². The molecule has 2 N–H and O–H groups in total. The first-order valence-corrected chi connectivity index (χ1v) is 7.23. The maximum Gasteiger partial charge on any atom is 0.317 e. The van der Waals surface area contributed by atoms with Crippen LogP contribution in [0.4, 0.5) is 4.79 Å². The first-order valence-electron chi connectivity index (χ1n) is 7.23. The van der Waals surface area contributed by atoms with Crippen LogP contribution in [-0.2, 0) is 9.53 Å². The zero-order valence-electron chi connectivity index (χ0n) is 12.3. The first kappa shape index (κ1) is 15.1. The Bertz CT molecular complexity index is 393. The highest BCUT2D eigenvalue weighted by Gasteiger charge is 2.40. The van der Waals surface area contributed by atoms with Gasteiger partial charge in [-0.15, -0.1) is 0 Å². The standard InChI is InChI=1S/C14H24N2O4/c1-13(11(17)18)4-3-7-16(10-13)12(19)15-14(2)5-8-20-9-6-14/h3-10H2,1-2H3,(H,15,19)(H,17,18). The molecule has 2 aliphatic rings. The van der Waals surface area contributed by atoms with Crippen molar-refractivity contribution in [1.29, 1.82) is 0 Å². The zero-order valence-corrected chi connectivity index (χ0v) is 12.3. The predicted molar refractivity (Wildman–Crippen MR) is 73.5 cm³/mol. The molecular formula is C14H24N2O4. The van der Waals surface area contributed by atoms with Gasteiger partial charge in [0.2, 0.25) is 0 Å². The van der Waals surface area contributed by atoms with E-state index in [0.717, 1.165) is 19.3 Å². The molecule has 0 bridgehead atoms. The summed E-state index contributed by atoms with van der Waals surface area (Å²) in [7, 11) is 0. The second-order valence-electron chi connectivity index (χ2n) is 6.49. The van der Waals surface area contributed by atoms with Crippen molar-refractivity contribution in [2.75, 3.05) is 26.3 Å². The van der Waals surface area contributed by atoms with Crippen LogP contribution in [-0.4, -0.2) is 53.8 Å². The number of amides is 2. The molecule has 20 heavy (non-hydrogen) atoms. The van der Waals surface area contributed by atoms with Crippen LogP contribution in [0.15, 0.2) is 0 Å². The van der Waals surface area contributed by atoms with E-state index in [1.807, 2.05) is 6.92 Å². The summed E-state index contributed by atoms with van der Waals surface area (Å²) >= 11 is 0. The topological polar surface area (TPSA) is 78.9 Å². The van der Waals surface area contributed by atoms with E-state index < -0.39 is 11.4 Å². The minimum absolute atomic E-state index is 0.151. The molecule has 2 rings (SSSR count). The Morgan fingerprint density at radius 3 is 2.45 bits per heavy atom. The summed E-state index contributed by atoms with van der Waals surface area (Å²) in [6, 6.07) is -0.151. The van der Waals surface area contributed by atoms with Crippen molar-refractivity contribution >= 4 is 12.0 Å². The Labute approximate surface area is 119 Å².